The Labute approximate surface area is 422 Å². The molecule has 3 heterocycles. The Bertz CT molecular complexity index is 4060. The summed E-state index contributed by atoms with van der Waals surface area (Å²) in [6.45, 7) is 0. The van der Waals surface area contributed by atoms with Crippen LogP contribution in [-0.4, -0.2) is 24.9 Å². The van der Waals surface area contributed by atoms with E-state index in [0.717, 1.165) is 111 Å². The first-order valence-electron chi connectivity index (χ1n) is 24.4. The molecular formula is C67H43N5O. The summed E-state index contributed by atoms with van der Waals surface area (Å²) in [6, 6.07) is 90.1. The van der Waals surface area contributed by atoms with Crippen LogP contribution < -0.4 is 0 Å². The molecule has 0 atom stereocenters. The van der Waals surface area contributed by atoms with Crippen LogP contribution >= 0.6 is 0 Å². The molecule has 0 amide bonds. The topological polar surface area (TPSA) is 77.6 Å². The summed E-state index contributed by atoms with van der Waals surface area (Å²) in [5.74, 6) is 2.39. The van der Waals surface area contributed by atoms with Crippen molar-refractivity contribution in [2.24, 2.45) is 0 Å². The highest BCUT2D eigenvalue weighted by atomic mass is 16.3. The second kappa shape index (κ2) is 18.8. The lowest BCUT2D eigenvalue weighted by atomic mass is 9.96. The Kier molecular flexibility index (Phi) is 11.1. The molecule has 0 radical (unpaired) electrons. The van der Waals surface area contributed by atoms with E-state index in [1.807, 2.05) is 66.7 Å². The number of fused-ring (bicyclic) bond motifs is 3. The van der Waals surface area contributed by atoms with E-state index in [-0.39, 0.29) is 0 Å². The Morgan fingerprint density at radius 2 is 0.562 bits per heavy atom. The molecule has 0 saturated carbocycles. The highest BCUT2D eigenvalue weighted by molar-refractivity contribution is 6.05. The fourth-order valence-corrected chi connectivity index (χ4v) is 9.60. The normalized spacial score (nSPS) is 11.3. The van der Waals surface area contributed by atoms with Crippen molar-refractivity contribution in [3.05, 3.63) is 261 Å². The van der Waals surface area contributed by atoms with Crippen molar-refractivity contribution < 1.29 is 4.42 Å². The largest absolute Gasteiger partial charge is 0.456 e. The smallest absolute Gasteiger partial charge is 0.164 e. The number of furan rings is 1. The molecule has 10 aromatic carbocycles. The molecule has 13 rings (SSSR count). The first-order valence-corrected chi connectivity index (χ1v) is 24.4. The number of benzene rings is 10. The van der Waals surface area contributed by atoms with Gasteiger partial charge in [-0.25, -0.2) is 24.9 Å². The van der Waals surface area contributed by atoms with E-state index in [1.165, 1.54) is 0 Å². The van der Waals surface area contributed by atoms with Crippen molar-refractivity contribution in [1.82, 2.24) is 24.9 Å². The molecule has 6 heteroatoms. The summed E-state index contributed by atoms with van der Waals surface area (Å²) >= 11 is 0. The van der Waals surface area contributed by atoms with Gasteiger partial charge in [-0.3, -0.25) is 0 Å². The fraction of sp³-hybridized carbons (Fsp3) is 0. The fourth-order valence-electron chi connectivity index (χ4n) is 9.60. The van der Waals surface area contributed by atoms with Gasteiger partial charge in [0.15, 0.2) is 23.3 Å². The number of aromatic nitrogens is 5. The van der Waals surface area contributed by atoms with E-state index < -0.39 is 0 Å². The molecule has 0 unspecified atom stereocenters. The van der Waals surface area contributed by atoms with Gasteiger partial charge in [0.05, 0.1) is 11.4 Å². The van der Waals surface area contributed by atoms with E-state index in [9.17, 15) is 0 Å². The highest BCUT2D eigenvalue weighted by Crippen LogP contribution is 2.37. The van der Waals surface area contributed by atoms with Gasteiger partial charge in [-0.1, -0.05) is 206 Å². The van der Waals surface area contributed by atoms with Gasteiger partial charge in [0.2, 0.25) is 0 Å². The molecule has 0 aliphatic carbocycles. The maximum Gasteiger partial charge on any atom is 0.164 e. The lowest BCUT2D eigenvalue weighted by Crippen LogP contribution is -2.00. The SMILES string of the molecule is c1ccc(-c2ccc(-c3cc(-c4cccc(-c5cccc(-c6nc(-c7ccccc7)nc(-c7cc(-c8ccccc8)cc(-c8ccccc8)c7)n6)c5)c4)nc(-c4ccc5c(c4)oc4ccccc45)n3)cc2)cc1. The van der Waals surface area contributed by atoms with Crippen LogP contribution in [0.1, 0.15) is 0 Å². The zero-order valence-corrected chi connectivity index (χ0v) is 39.5. The second-order valence-electron chi connectivity index (χ2n) is 18.1. The summed E-state index contributed by atoms with van der Waals surface area (Å²) in [6.07, 6.45) is 0. The van der Waals surface area contributed by atoms with Gasteiger partial charge in [0.1, 0.15) is 11.2 Å². The van der Waals surface area contributed by atoms with Crippen LogP contribution in [0, 0.1) is 0 Å². The number of nitrogens with zero attached hydrogens (tertiary/aromatic N) is 5. The first-order chi connectivity index (χ1) is 36.1. The standard InChI is InChI=1S/C67H43N5O/c1-5-17-44(18-6-1)47-31-33-48(34-32-47)60-43-61(69-65(68-60)54-35-36-59-58-29-13-14-30-62(58)73-63(59)42-54)52-27-15-25-50(37-52)51-26-16-28-53(38-51)66-70-64(49-23-11-4-12-24-49)71-67(72-66)57-40-55(45-19-7-2-8-20-45)39-56(41-57)46-21-9-3-10-22-46/h1-43H. The van der Waals surface area contributed by atoms with Crippen molar-refractivity contribution in [1.29, 1.82) is 0 Å². The molecule has 0 fully saturated rings. The average Bonchev–Trinajstić information content (AvgIpc) is 3.86. The number of rotatable bonds is 10. The minimum Gasteiger partial charge on any atom is -0.456 e. The number of para-hydroxylation sites is 1. The zero-order valence-electron chi connectivity index (χ0n) is 39.5. The Balaban J connectivity index is 0.906. The van der Waals surface area contributed by atoms with E-state index in [0.29, 0.717) is 23.3 Å². The lowest BCUT2D eigenvalue weighted by molar-refractivity contribution is 0.669. The molecule has 3 aromatic heterocycles. The van der Waals surface area contributed by atoms with Gasteiger partial charge in [0.25, 0.3) is 0 Å². The number of hydrogen-bond acceptors (Lipinski definition) is 6. The van der Waals surface area contributed by atoms with Gasteiger partial charge in [-0.05, 0) is 99.1 Å². The van der Waals surface area contributed by atoms with Crippen molar-refractivity contribution in [2.45, 2.75) is 0 Å². The molecule has 6 nitrogen and oxygen atoms in total. The van der Waals surface area contributed by atoms with Crippen LogP contribution in [0.25, 0.3) is 135 Å². The summed E-state index contributed by atoms with van der Waals surface area (Å²) in [7, 11) is 0. The maximum absolute atomic E-state index is 6.34. The van der Waals surface area contributed by atoms with E-state index in [1.54, 1.807) is 0 Å². The second-order valence-corrected chi connectivity index (χ2v) is 18.1. The van der Waals surface area contributed by atoms with Crippen LogP contribution in [0.4, 0.5) is 0 Å². The van der Waals surface area contributed by atoms with E-state index >= 15 is 0 Å². The summed E-state index contributed by atoms with van der Waals surface area (Å²) in [5, 5.41) is 2.14. The van der Waals surface area contributed by atoms with Crippen molar-refractivity contribution in [3.8, 4) is 113 Å². The highest BCUT2D eigenvalue weighted by Gasteiger charge is 2.18. The summed E-state index contributed by atoms with van der Waals surface area (Å²) < 4.78 is 6.34. The summed E-state index contributed by atoms with van der Waals surface area (Å²) in [4.78, 5) is 26.0. The third-order valence-corrected chi connectivity index (χ3v) is 13.3. The van der Waals surface area contributed by atoms with Gasteiger partial charge < -0.3 is 4.42 Å². The van der Waals surface area contributed by atoms with Gasteiger partial charge >= 0.3 is 0 Å². The molecular weight excluding hydrogens is 891 g/mol. The molecule has 0 aliphatic rings. The predicted molar refractivity (Wildman–Crippen MR) is 297 cm³/mol. The Morgan fingerprint density at radius 1 is 0.192 bits per heavy atom. The maximum atomic E-state index is 6.34. The molecule has 13 aromatic rings. The average molecular weight is 934 g/mol. The number of hydrogen-bond donors (Lipinski definition) is 0. The van der Waals surface area contributed by atoms with E-state index in [4.69, 9.17) is 29.3 Å². The lowest BCUT2D eigenvalue weighted by Gasteiger charge is -2.13. The molecule has 0 aliphatic heterocycles. The van der Waals surface area contributed by atoms with Gasteiger partial charge in [-0.2, -0.15) is 0 Å². The monoisotopic (exact) mass is 933 g/mol. The van der Waals surface area contributed by atoms with Gasteiger partial charge in [0, 0.05) is 44.2 Å². The quantitative estimate of drug-likeness (QED) is 0.136. The van der Waals surface area contributed by atoms with Crippen LogP contribution in [0.5, 0.6) is 0 Å². The van der Waals surface area contributed by atoms with Crippen LogP contribution in [0.3, 0.4) is 0 Å². The van der Waals surface area contributed by atoms with Crippen LogP contribution in [0.15, 0.2) is 265 Å². The molecule has 0 bridgehead atoms. The third kappa shape index (κ3) is 8.75. The minimum atomic E-state index is 0.582. The first kappa shape index (κ1) is 43.1. The molecule has 73 heavy (non-hydrogen) atoms. The van der Waals surface area contributed by atoms with Gasteiger partial charge in [-0.15, -0.1) is 0 Å². The molecule has 0 saturated heterocycles. The zero-order chi connectivity index (χ0) is 48.5. The Morgan fingerprint density at radius 3 is 1.19 bits per heavy atom. The minimum absolute atomic E-state index is 0.582. The van der Waals surface area contributed by atoms with Crippen molar-refractivity contribution >= 4 is 21.9 Å². The molecule has 342 valence electrons. The molecule has 0 N–H and O–H groups in total. The van der Waals surface area contributed by atoms with E-state index in [2.05, 4.69) is 194 Å². The predicted octanol–water partition coefficient (Wildman–Crippen LogP) is 17.2. The summed E-state index contributed by atoms with van der Waals surface area (Å²) in [5.41, 5.74) is 17.5. The molecule has 0 spiro atoms. The van der Waals surface area contributed by atoms with Crippen LogP contribution in [0.2, 0.25) is 0 Å². The third-order valence-electron chi connectivity index (χ3n) is 13.3. The Hall–Kier alpha value is -9.91. The van der Waals surface area contributed by atoms with Crippen LogP contribution in [-0.2, 0) is 0 Å². The van der Waals surface area contributed by atoms with Crippen molar-refractivity contribution in [2.75, 3.05) is 0 Å². The van der Waals surface area contributed by atoms with Crippen molar-refractivity contribution in [3.63, 3.8) is 0 Å².